The van der Waals surface area contributed by atoms with E-state index in [1.54, 1.807) is 24.3 Å². The van der Waals surface area contributed by atoms with Crippen molar-refractivity contribution >= 4 is 17.0 Å². The molecule has 0 saturated heterocycles. The molecule has 0 aliphatic rings. The molecule has 6 heteroatoms. The lowest BCUT2D eigenvalue weighted by atomic mass is 10.2. The first-order valence-electron chi connectivity index (χ1n) is 6.07. The molecule has 0 spiro atoms. The molecule has 0 radical (unpaired) electrons. The summed E-state index contributed by atoms with van der Waals surface area (Å²) in [6, 6.07) is 6.95. The van der Waals surface area contributed by atoms with Crippen LogP contribution in [0.1, 0.15) is 13.8 Å². The first kappa shape index (κ1) is 13.4. The van der Waals surface area contributed by atoms with Gasteiger partial charge in [-0.3, -0.25) is 14.2 Å². The van der Waals surface area contributed by atoms with Crippen molar-refractivity contribution in [3.05, 3.63) is 34.8 Å². The van der Waals surface area contributed by atoms with E-state index in [9.17, 15) is 9.59 Å². The van der Waals surface area contributed by atoms with E-state index in [1.165, 1.54) is 4.57 Å². The number of oxazole rings is 1. The average molecular weight is 264 g/mol. The van der Waals surface area contributed by atoms with Gasteiger partial charge in [-0.1, -0.05) is 26.0 Å². The Labute approximate surface area is 109 Å². The number of amides is 1. The molecule has 2 rings (SSSR count). The molecule has 2 aromatic rings. The van der Waals surface area contributed by atoms with Crippen molar-refractivity contribution in [3.8, 4) is 0 Å². The molecule has 0 aliphatic carbocycles. The Bertz CT molecular complexity index is 627. The lowest BCUT2D eigenvalue weighted by Gasteiger charge is -2.07. The zero-order chi connectivity index (χ0) is 13.8. The van der Waals surface area contributed by atoms with Gasteiger partial charge in [0.25, 0.3) is 5.91 Å². The molecular formula is C13H16N2O4. The zero-order valence-corrected chi connectivity index (χ0v) is 10.9. The van der Waals surface area contributed by atoms with Crippen LogP contribution >= 0.6 is 0 Å². The van der Waals surface area contributed by atoms with Crippen LogP contribution in [0.25, 0.3) is 11.1 Å². The van der Waals surface area contributed by atoms with Gasteiger partial charge in [-0.15, -0.1) is 0 Å². The summed E-state index contributed by atoms with van der Waals surface area (Å²) in [7, 11) is 0. The summed E-state index contributed by atoms with van der Waals surface area (Å²) in [6.45, 7) is 4.24. The van der Waals surface area contributed by atoms with Gasteiger partial charge in [0.2, 0.25) is 0 Å². The van der Waals surface area contributed by atoms with Crippen molar-refractivity contribution in [2.24, 2.45) is 5.92 Å². The van der Waals surface area contributed by atoms with Crippen LogP contribution in [0.15, 0.2) is 33.5 Å². The summed E-state index contributed by atoms with van der Waals surface area (Å²) in [5.74, 6) is -0.632. The van der Waals surface area contributed by atoms with E-state index < -0.39 is 11.7 Å². The second kappa shape index (κ2) is 5.71. The minimum Gasteiger partial charge on any atom is -0.408 e. The molecule has 0 atom stereocenters. The fraction of sp³-hybridized carbons (Fsp3) is 0.385. The molecule has 1 N–H and O–H groups in total. The minimum absolute atomic E-state index is 0.131. The molecule has 0 unspecified atom stereocenters. The molecule has 1 heterocycles. The summed E-state index contributed by atoms with van der Waals surface area (Å²) < 4.78 is 6.30. The first-order valence-corrected chi connectivity index (χ1v) is 6.07. The number of nitrogens with one attached hydrogen (secondary N) is 1. The number of hydroxylamine groups is 1. The van der Waals surface area contributed by atoms with Crippen molar-refractivity contribution in [3.63, 3.8) is 0 Å². The van der Waals surface area contributed by atoms with Crippen molar-refractivity contribution in [2.45, 2.75) is 20.4 Å². The van der Waals surface area contributed by atoms with Crippen molar-refractivity contribution in [1.29, 1.82) is 0 Å². The van der Waals surface area contributed by atoms with Crippen molar-refractivity contribution in [1.82, 2.24) is 10.0 Å². The Kier molecular flexibility index (Phi) is 4.01. The smallest absolute Gasteiger partial charge is 0.408 e. The molecule has 1 amide bonds. The normalized spacial score (nSPS) is 11.1. The maximum atomic E-state index is 11.7. The van der Waals surface area contributed by atoms with Crippen LogP contribution in [0.4, 0.5) is 0 Å². The number of hydrogen-bond donors (Lipinski definition) is 1. The van der Waals surface area contributed by atoms with Crippen LogP contribution in [0.2, 0.25) is 0 Å². The standard InChI is InChI=1S/C13H16N2O4/c1-9(2)8-18-14-12(16)7-15-10-5-3-4-6-11(10)19-13(15)17/h3-6,9H,7-8H2,1-2H3,(H,14,16). The predicted molar refractivity (Wildman–Crippen MR) is 69.4 cm³/mol. The Hall–Kier alpha value is -2.08. The number of aromatic nitrogens is 1. The zero-order valence-electron chi connectivity index (χ0n) is 10.9. The molecule has 0 bridgehead atoms. The number of rotatable bonds is 5. The van der Waals surface area contributed by atoms with Crippen molar-refractivity contribution < 1.29 is 14.0 Å². The number of nitrogens with zero attached hydrogens (tertiary/aromatic N) is 1. The molecule has 1 aromatic carbocycles. The molecule has 0 saturated carbocycles. The molecule has 0 aliphatic heterocycles. The molecular weight excluding hydrogens is 248 g/mol. The number of benzene rings is 1. The maximum absolute atomic E-state index is 11.7. The largest absolute Gasteiger partial charge is 0.420 e. The van der Waals surface area contributed by atoms with E-state index in [0.29, 0.717) is 23.6 Å². The van der Waals surface area contributed by atoms with Gasteiger partial charge >= 0.3 is 5.76 Å². The minimum atomic E-state index is -0.555. The second-order valence-electron chi connectivity index (χ2n) is 4.65. The van der Waals surface area contributed by atoms with E-state index in [2.05, 4.69) is 5.48 Å². The SMILES string of the molecule is CC(C)CONC(=O)Cn1c(=O)oc2ccccc21. The van der Waals surface area contributed by atoms with Gasteiger partial charge in [0.1, 0.15) is 6.54 Å². The van der Waals surface area contributed by atoms with Crippen LogP contribution in [-0.2, 0) is 16.2 Å². The van der Waals surface area contributed by atoms with Crippen LogP contribution in [-0.4, -0.2) is 17.1 Å². The maximum Gasteiger partial charge on any atom is 0.420 e. The molecule has 0 fully saturated rings. The molecule has 6 nitrogen and oxygen atoms in total. The number of para-hydroxylation sites is 2. The third-order valence-corrected chi connectivity index (χ3v) is 2.48. The molecule has 19 heavy (non-hydrogen) atoms. The Morgan fingerprint density at radius 2 is 2.16 bits per heavy atom. The molecule has 1 aromatic heterocycles. The van der Waals surface area contributed by atoms with E-state index in [-0.39, 0.29) is 6.54 Å². The lowest BCUT2D eigenvalue weighted by molar-refractivity contribution is -0.135. The van der Waals surface area contributed by atoms with Gasteiger partial charge < -0.3 is 4.42 Å². The topological polar surface area (TPSA) is 73.5 Å². The van der Waals surface area contributed by atoms with Crippen LogP contribution < -0.4 is 11.2 Å². The van der Waals surface area contributed by atoms with Gasteiger partial charge in [-0.05, 0) is 18.1 Å². The summed E-state index contributed by atoms with van der Waals surface area (Å²) in [4.78, 5) is 28.3. The Morgan fingerprint density at radius 1 is 1.42 bits per heavy atom. The summed E-state index contributed by atoms with van der Waals surface area (Å²) >= 11 is 0. The van der Waals surface area contributed by atoms with Crippen LogP contribution in [0, 0.1) is 5.92 Å². The van der Waals surface area contributed by atoms with Gasteiger partial charge in [-0.2, -0.15) is 0 Å². The second-order valence-corrected chi connectivity index (χ2v) is 4.65. The van der Waals surface area contributed by atoms with E-state index in [4.69, 9.17) is 9.25 Å². The first-order chi connectivity index (χ1) is 9.08. The average Bonchev–Trinajstić information content (AvgIpc) is 2.66. The number of hydrogen-bond acceptors (Lipinski definition) is 4. The van der Waals surface area contributed by atoms with E-state index >= 15 is 0 Å². The third kappa shape index (κ3) is 3.23. The Balaban J connectivity index is 2.07. The quantitative estimate of drug-likeness (QED) is 0.826. The van der Waals surface area contributed by atoms with Gasteiger partial charge in [-0.25, -0.2) is 10.3 Å². The van der Waals surface area contributed by atoms with Crippen LogP contribution in [0.5, 0.6) is 0 Å². The summed E-state index contributed by atoms with van der Waals surface area (Å²) in [6.07, 6.45) is 0. The highest BCUT2D eigenvalue weighted by Gasteiger charge is 2.12. The lowest BCUT2D eigenvalue weighted by Crippen LogP contribution is -2.31. The Morgan fingerprint density at radius 3 is 2.89 bits per heavy atom. The highest BCUT2D eigenvalue weighted by molar-refractivity contribution is 5.78. The highest BCUT2D eigenvalue weighted by Crippen LogP contribution is 2.11. The third-order valence-electron chi connectivity index (χ3n) is 2.48. The number of carbonyl (C=O) groups excluding carboxylic acids is 1. The number of carbonyl (C=O) groups is 1. The van der Waals surface area contributed by atoms with Crippen molar-refractivity contribution in [2.75, 3.05) is 6.61 Å². The fourth-order valence-corrected chi connectivity index (χ4v) is 1.63. The monoisotopic (exact) mass is 264 g/mol. The molecule has 102 valence electrons. The van der Waals surface area contributed by atoms with E-state index in [1.807, 2.05) is 13.8 Å². The van der Waals surface area contributed by atoms with Gasteiger partial charge in [0.15, 0.2) is 5.58 Å². The van der Waals surface area contributed by atoms with Gasteiger partial charge in [0, 0.05) is 0 Å². The predicted octanol–water partition coefficient (Wildman–Crippen LogP) is 1.30. The summed E-state index contributed by atoms with van der Waals surface area (Å²) in [5.41, 5.74) is 3.35. The fourth-order valence-electron chi connectivity index (χ4n) is 1.63. The van der Waals surface area contributed by atoms with Gasteiger partial charge in [0.05, 0.1) is 12.1 Å². The van der Waals surface area contributed by atoms with E-state index in [0.717, 1.165) is 0 Å². The summed E-state index contributed by atoms with van der Waals surface area (Å²) in [5, 5.41) is 0. The number of fused-ring (bicyclic) bond motifs is 1. The highest BCUT2D eigenvalue weighted by atomic mass is 16.7. The van der Waals surface area contributed by atoms with Crippen LogP contribution in [0.3, 0.4) is 0 Å².